The minimum absolute atomic E-state index is 0.107. The number of fused-ring (bicyclic) bond motifs is 2. The highest BCUT2D eigenvalue weighted by molar-refractivity contribution is 7.91. The molecule has 0 radical (unpaired) electrons. The minimum atomic E-state index is -3.69. The van der Waals surface area contributed by atoms with E-state index in [1.54, 1.807) is 36.4 Å². The highest BCUT2D eigenvalue weighted by atomic mass is 32.2. The van der Waals surface area contributed by atoms with Crippen molar-refractivity contribution in [3.8, 4) is 0 Å². The van der Waals surface area contributed by atoms with Crippen LogP contribution < -0.4 is 5.43 Å². The van der Waals surface area contributed by atoms with Crippen LogP contribution in [-0.2, 0) is 9.84 Å². The summed E-state index contributed by atoms with van der Waals surface area (Å²) in [5.41, 5.74) is 3.57. The highest BCUT2D eigenvalue weighted by Gasteiger charge is 2.45. The van der Waals surface area contributed by atoms with E-state index >= 15 is 0 Å². The zero-order valence-electron chi connectivity index (χ0n) is 12.6. The molecule has 0 bridgehead atoms. The second-order valence-electron chi connectivity index (χ2n) is 5.44. The van der Waals surface area contributed by atoms with Gasteiger partial charge < -0.3 is 0 Å². The van der Waals surface area contributed by atoms with E-state index < -0.39 is 21.9 Å². The van der Waals surface area contributed by atoms with E-state index in [1.165, 1.54) is 19.2 Å². The number of hydrogen-bond donors (Lipinski definition) is 1. The molecular formula is C16H12N3O4S+. The van der Waals surface area contributed by atoms with Crippen molar-refractivity contribution in [2.24, 2.45) is 0 Å². The summed E-state index contributed by atoms with van der Waals surface area (Å²) in [6.07, 6.45) is 0. The molecule has 0 spiro atoms. The first-order chi connectivity index (χ1) is 11.4. The minimum Gasteiger partial charge on any atom is -0.218 e. The van der Waals surface area contributed by atoms with Crippen molar-refractivity contribution < 1.29 is 22.7 Å². The van der Waals surface area contributed by atoms with E-state index in [9.17, 15) is 18.0 Å². The monoisotopic (exact) mass is 342 g/mol. The molecule has 4 amide bonds. The van der Waals surface area contributed by atoms with Crippen molar-refractivity contribution in [3.05, 3.63) is 59.7 Å². The summed E-state index contributed by atoms with van der Waals surface area (Å²) in [4.78, 5) is 25.3. The van der Waals surface area contributed by atoms with Crippen LogP contribution >= 0.6 is 0 Å². The van der Waals surface area contributed by atoms with Crippen LogP contribution in [0.1, 0.15) is 11.1 Å². The standard InChI is InChI=1S/C16H11N3O4S/c1-18-15(20)17-19(16(18)21)14-10-6-2-4-8-12(10)24(22,23)13-9-5-3-7-11(13)14/h2-9H,1H3/p+1. The number of hydrazone groups is 1. The number of imide groups is 1. The number of hydrazine groups is 1. The number of urea groups is 2. The average Bonchev–Trinajstić information content (AvgIpc) is 2.83. The van der Waals surface area contributed by atoms with Crippen LogP contribution in [0.3, 0.4) is 0 Å². The Hall–Kier alpha value is -3.00. The predicted molar refractivity (Wildman–Crippen MR) is 83.5 cm³/mol. The second kappa shape index (κ2) is 4.75. The Labute approximate surface area is 137 Å². The molecule has 4 rings (SSSR count). The third-order valence-electron chi connectivity index (χ3n) is 4.08. The van der Waals surface area contributed by atoms with Crippen LogP contribution in [0.5, 0.6) is 0 Å². The van der Waals surface area contributed by atoms with Gasteiger partial charge in [0.15, 0.2) is 5.71 Å². The first kappa shape index (κ1) is 14.6. The van der Waals surface area contributed by atoms with E-state index in [1.807, 2.05) is 0 Å². The molecule has 1 saturated heterocycles. The molecule has 0 unspecified atom stereocenters. The molecule has 1 N–H and O–H groups in total. The summed E-state index contributed by atoms with van der Waals surface area (Å²) in [5.74, 6) is 0. The average molecular weight is 342 g/mol. The maximum atomic E-state index is 12.9. The lowest BCUT2D eigenvalue weighted by Gasteiger charge is -2.20. The Morgan fingerprint density at radius 3 is 1.88 bits per heavy atom. The van der Waals surface area contributed by atoms with E-state index in [0.717, 1.165) is 9.58 Å². The van der Waals surface area contributed by atoms with Gasteiger partial charge in [0.1, 0.15) is 0 Å². The summed E-state index contributed by atoms with van der Waals surface area (Å²) in [5, 5.41) is 0. The first-order valence-corrected chi connectivity index (χ1v) is 8.60. The number of carbonyl (C=O) groups excluding carboxylic acids is 2. The Kier molecular flexibility index (Phi) is 2.88. The van der Waals surface area contributed by atoms with Gasteiger partial charge >= 0.3 is 12.1 Å². The largest absolute Gasteiger partial charge is 0.526 e. The van der Waals surface area contributed by atoms with Crippen molar-refractivity contribution in [1.29, 1.82) is 0 Å². The fourth-order valence-electron chi connectivity index (χ4n) is 2.90. The van der Waals surface area contributed by atoms with Gasteiger partial charge in [0.2, 0.25) is 9.84 Å². The van der Waals surface area contributed by atoms with Crippen molar-refractivity contribution in [3.63, 3.8) is 0 Å². The molecule has 0 atom stereocenters. The zero-order valence-corrected chi connectivity index (χ0v) is 13.4. The molecule has 2 heterocycles. The third-order valence-corrected chi connectivity index (χ3v) is 5.95. The maximum Gasteiger partial charge on any atom is 0.526 e. The Bertz CT molecular complexity index is 1000. The molecule has 2 aliphatic heterocycles. The quantitative estimate of drug-likeness (QED) is 0.625. The van der Waals surface area contributed by atoms with Gasteiger partial charge in [0.05, 0.1) is 16.8 Å². The summed E-state index contributed by atoms with van der Waals surface area (Å²) in [6.45, 7) is 0. The number of hydrogen-bond acceptors (Lipinski definition) is 4. The van der Waals surface area contributed by atoms with Gasteiger partial charge in [-0.15, -0.1) is 10.3 Å². The van der Waals surface area contributed by atoms with Crippen LogP contribution in [0, 0.1) is 0 Å². The number of sulfone groups is 1. The molecule has 120 valence electrons. The molecule has 0 aromatic heterocycles. The van der Waals surface area contributed by atoms with Crippen molar-refractivity contribution in [1.82, 2.24) is 10.3 Å². The van der Waals surface area contributed by atoms with Gasteiger partial charge in [0, 0.05) is 11.1 Å². The van der Waals surface area contributed by atoms with E-state index in [2.05, 4.69) is 5.43 Å². The Balaban J connectivity index is 2.15. The van der Waals surface area contributed by atoms with Crippen LogP contribution in [0.4, 0.5) is 9.59 Å². The third kappa shape index (κ3) is 1.77. The second-order valence-corrected chi connectivity index (χ2v) is 7.32. The normalized spacial score (nSPS) is 18.3. The van der Waals surface area contributed by atoms with Gasteiger partial charge in [0.25, 0.3) is 0 Å². The zero-order chi connectivity index (χ0) is 17.1. The molecule has 8 heteroatoms. The van der Waals surface area contributed by atoms with Gasteiger partial charge in [-0.05, 0) is 24.3 Å². The smallest absolute Gasteiger partial charge is 0.218 e. The lowest BCUT2D eigenvalue weighted by atomic mass is 10.0. The van der Waals surface area contributed by atoms with Crippen molar-refractivity contribution in [2.75, 3.05) is 7.05 Å². The van der Waals surface area contributed by atoms with E-state index in [-0.39, 0.29) is 9.79 Å². The molecule has 2 aromatic rings. The van der Waals surface area contributed by atoms with Crippen LogP contribution in [0.2, 0.25) is 0 Å². The molecular weight excluding hydrogens is 330 g/mol. The molecule has 1 fully saturated rings. The highest BCUT2D eigenvalue weighted by Crippen LogP contribution is 2.34. The number of carbonyl (C=O) groups is 2. The molecule has 0 aliphatic carbocycles. The van der Waals surface area contributed by atoms with E-state index in [0.29, 0.717) is 16.8 Å². The first-order valence-electron chi connectivity index (χ1n) is 7.12. The van der Waals surface area contributed by atoms with Crippen LogP contribution in [0.25, 0.3) is 0 Å². The van der Waals surface area contributed by atoms with E-state index in [4.69, 9.17) is 0 Å². The molecule has 2 aliphatic rings. The summed E-state index contributed by atoms with van der Waals surface area (Å²) in [7, 11) is -2.34. The van der Waals surface area contributed by atoms with Gasteiger partial charge in [-0.2, -0.15) is 4.79 Å². The molecule has 7 nitrogen and oxygen atoms in total. The SMILES string of the molecule is CN1C(=O)N[N+](=C2c3ccccc3S(=O)(=O)c3ccccc32)C1=O. The van der Waals surface area contributed by atoms with Crippen molar-refractivity contribution >= 4 is 27.6 Å². The number of nitrogens with zero attached hydrogens (tertiary/aromatic N) is 2. The van der Waals surface area contributed by atoms with Gasteiger partial charge in [-0.3, -0.25) is 0 Å². The number of rotatable bonds is 0. The summed E-state index contributed by atoms with van der Waals surface area (Å²) >= 11 is 0. The lowest BCUT2D eigenvalue weighted by molar-refractivity contribution is -0.466. The Morgan fingerprint density at radius 1 is 0.917 bits per heavy atom. The molecule has 0 saturated carbocycles. The topological polar surface area (TPSA) is 86.6 Å². The number of benzene rings is 2. The Morgan fingerprint density at radius 2 is 1.42 bits per heavy atom. The fourth-order valence-corrected chi connectivity index (χ4v) is 4.57. The predicted octanol–water partition coefficient (Wildman–Crippen LogP) is 1.37. The van der Waals surface area contributed by atoms with Gasteiger partial charge in [-0.1, -0.05) is 28.9 Å². The number of nitrogens with one attached hydrogen (secondary N) is 1. The summed E-state index contributed by atoms with van der Waals surface area (Å²) < 4.78 is 26.8. The van der Waals surface area contributed by atoms with Gasteiger partial charge in [-0.25, -0.2) is 13.2 Å². The summed E-state index contributed by atoms with van der Waals surface area (Å²) in [6, 6.07) is 11.7. The molecule has 24 heavy (non-hydrogen) atoms. The van der Waals surface area contributed by atoms with Crippen LogP contribution in [0.15, 0.2) is 58.3 Å². The lowest BCUT2D eigenvalue weighted by Crippen LogP contribution is -2.36. The van der Waals surface area contributed by atoms with Crippen molar-refractivity contribution in [2.45, 2.75) is 9.79 Å². The number of amides is 4. The maximum absolute atomic E-state index is 12.9. The fraction of sp³-hybridized carbons (Fsp3) is 0.0625. The van der Waals surface area contributed by atoms with Crippen LogP contribution in [-0.4, -0.2) is 42.8 Å². The molecule has 2 aromatic carbocycles.